The van der Waals surface area contributed by atoms with E-state index < -0.39 is 0 Å². The minimum Gasteiger partial charge on any atom is -0.352 e. The average molecular weight is 451 g/mol. The first-order valence-corrected chi connectivity index (χ1v) is 14.4. The van der Waals surface area contributed by atoms with Crippen molar-refractivity contribution in [3.8, 4) is 0 Å². The number of hydrogen-bond donors (Lipinski definition) is 0. The summed E-state index contributed by atoms with van der Waals surface area (Å²) >= 11 is 0. The van der Waals surface area contributed by atoms with E-state index in [0.717, 1.165) is 13.0 Å². The minimum atomic E-state index is -0.0406. The van der Waals surface area contributed by atoms with Crippen molar-refractivity contribution in [2.45, 2.75) is 144 Å². The standard InChI is InChI=1S/C30H58O2/c1-8-10-11-12-13-14-15-16-17-18-19-20-21-22-24(3)25(4)23-31-30-28(7)26(5)27(6)29(9-2)32-30/h21-22,24-30H,8-20,23H2,1-7H3/b22-21+/t24-,25+,26?,27?,28?,29?,30?/m1/s1. The lowest BCUT2D eigenvalue weighted by Crippen LogP contribution is -2.46. The Bertz CT molecular complexity index is 458. The Kier molecular flexibility index (Phi) is 16.7. The smallest absolute Gasteiger partial charge is 0.160 e. The van der Waals surface area contributed by atoms with Crippen molar-refractivity contribution in [3.05, 3.63) is 12.2 Å². The van der Waals surface area contributed by atoms with Crippen LogP contribution >= 0.6 is 0 Å². The summed E-state index contributed by atoms with van der Waals surface area (Å²) in [4.78, 5) is 0. The fourth-order valence-electron chi connectivity index (χ4n) is 4.97. The molecule has 1 aliphatic heterocycles. The number of unbranched alkanes of at least 4 members (excludes halogenated alkanes) is 11. The zero-order valence-electron chi connectivity index (χ0n) is 22.9. The van der Waals surface area contributed by atoms with Gasteiger partial charge in [0.15, 0.2) is 6.29 Å². The maximum absolute atomic E-state index is 6.30. The summed E-state index contributed by atoms with van der Waals surface area (Å²) in [6, 6.07) is 0. The van der Waals surface area contributed by atoms with Crippen LogP contribution in [0.5, 0.6) is 0 Å². The van der Waals surface area contributed by atoms with Crippen molar-refractivity contribution >= 4 is 0 Å². The molecule has 1 aliphatic rings. The van der Waals surface area contributed by atoms with Crippen molar-refractivity contribution in [2.24, 2.45) is 29.6 Å². The first-order valence-electron chi connectivity index (χ1n) is 14.4. The topological polar surface area (TPSA) is 18.5 Å². The van der Waals surface area contributed by atoms with Crippen molar-refractivity contribution in [2.75, 3.05) is 6.61 Å². The quantitative estimate of drug-likeness (QED) is 0.153. The lowest BCUT2D eigenvalue weighted by atomic mass is 9.78. The summed E-state index contributed by atoms with van der Waals surface area (Å²) in [5.74, 6) is 2.81. The minimum absolute atomic E-state index is 0.0406. The third-order valence-corrected chi connectivity index (χ3v) is 8.22. The van der Waals surface area contributed by atoms with Crippen LogP contribution in [0.3, 0.4) is 0 Å². The van der Waals surface area contributed by atoms with E-state index in [-0.39, 0.29) is 6.29 Å². The molecule has 5 unspecified atom stereocenters. The van der Waals surface area contributed by atoms with Gasteiger partial charge in [0.05, 0.1) is 12.7 Å². The second kappa shape index (κ2) is 18.0. The molecule has 0 aromatic heterocycles. The van der Waals surface area contributed by atoms with Gasteiger partial charge in [-0.25, -0.2) is 0 Å². The molecular weight excluding hydrogens is 392 g/mol. The van der Waals surface area contributed by atoms with Crippen LogP contribution in [-0.2, 0) is 9.47 Å². The van der Waals surface area contributed by atoms with Gasteiger partial charge in [0, 0.05) is 5.92 Å². The van der Waals surface area contributed by atoms with Crippen LogP contribution in [0.15, 0.2) is 12.2 Å². The lowest BCUT2D eigenvalue weighted by Gasteiger charge is -2.43. The SMILES string of the molecule is CCCCCCCCCCCCC/C=C/[C@@H](C)[C@@H](C)COC1OC(CC)C(C)C(C)C1C. The number of hydrogen-bond acceptors (Lipinski definition) is 2. The maximum atomic E-state index is 6.30. The van der Waals surface area contributed by atoms with Gasteiger partial charge >= 0.3 is 0 Å². The highest BCUT2D eigenvalue weighted by Crippen LogP contribution is 2.36. The fourth-order valence-corrected chi connectivity index (χ4v) is 4.97. The van der Waals surface area contributed by atoms with Gasteiger partial charge in [0.1, 0.15) is 0 Å². The van der Waals surface area contributed by atoms with E-state index in [1.807, 2.05) is 0 Å². The molecule has 0 amide bonds. The molecule has 2 heteroatoms. The summed E-state index contributed by atoms with van der Waals surface area (Å²) in [7, 11) is 0. The van der Waals surface area contributed by atoms with Crippen LogP contribution in [0.25, 0.3) is 0 Å². The highest BCUT2D eigenvalue weighted by atomic mass is 16.7. The van der Waals surface area contributed by atoms with E-state index in [9.17, 15) is 0 Å². The second-order valence-electron chi connectivity index (χ2n) is 11.0. The zero-order valence-corrected chi connectivity index (χ0v) is 22.9. The largest absolute Gasteiger partial charge is 0.352 e. The van der Waals surface area contributed by atoms with Gasteiger partial charge in [0.2, 0.25) is 0 Å². The van der Waals surface area contributed by atoms with Gasteiger partial charge in [-0.2, -0.15) is 0 Å². The van der Waals surface area contributed by atoms with Crippen LogP contribution in [0.2, 0.25) is 0 Å². The molecule has 0 aliphatic carbocycles. The first kappa shape index (κ1) is 29.7. The van der Waals surface area contributed by atoms with Crippen LogP contribution in [-0.4, -0.2) is 19.0 Å². The van der Waals surface area contributed by atoms with Gasteiger partial charge in [-0.3, -0.25) is 0 Å². The van der Waals surface area contributed by atoms with Gasteiger partial charge in [0.25, 0.3) is 0 Å². The summed E-state index contributed by atoms with van der Waals surface area (Å²) in [6.07, 6.45) is 23.0. The van der Waals surface area contributed by atoms with E-state index in [4.69, 9.17) is 9.47 Å². The van der Waals surface area contributed by atoms with Gasteiger partial charge in [-0.1, -0.05) is 125 Å². The van der Waals surface area contributed by atoms with Gasteiger partial charge in [-0.05, 0) is 42.9 Å². The van der Waals surface area contributed by atoms with Crippen LogP contribution in [0.4, 0.5) is 0 Å². The Hall–Kier alpha value is -0.340. The van der Waals surface area contributed by atoms with Crippen molar-refractivity contribution in [3.63, 3.8) is 0 Å². The van der Waals surface area contributed by atoms with E-state index in [1.165, 1.54) is 77.0 Å². The van der Waals surface area contributed by atoms with Gasteiger partial charge < -0.3 is 9.47 Å². The number of rotatable bonds is 18. The predicted molar refractivity (Wildman–Crippen MR) is 141 cm³/mol. The molecule has 2 nitrogen and oxygen atoms in total. The third kappa shape index (κ3) is 11.7. The van der Waals surface area contributed by atoms with E-state index >= 15 is 0 Å². The van der Waals surface area contributed by atoms with Gasteiger partial charge in [-0.15, -0.1) is 0 Å². The van der Waals surface area contributed by atoms with Crippen LogP contribution < -0.4 is 0 Å². The van der Waals surface area contributed by atoms with Crippen molar-refractivity contribution in [1.29, 1.82) is 0 Å². The summed E-state index contributed by atoms with van der Waals surface area (Å²) in [5, 5.41) is 0. The zero-order chi connectivity index (χ0) is 23.8. The Labute approximate surface area is 202 Å². The molecule has 32 heavy (non-hydrogen) atoms. The molecule has 1 fully saturated rings. The first-order chi connectivity index (χ1) is 15.4. The van der Waals surface area contributed by atoms with E-state index in [0.29, 0.717) is 35.7 Å². The normalized spacial score (nSPS) is 28.3. The summed E-state index contributed by atoms with van der Waals surface area (Å²) in [5.41, 5.74) is 0. The van der Waals surface area contributed by atoms with E-state index in [2.05, 4.69) is 60.6 Å². The molecule has 0 aromatic rings. The predicted octanol–water partition coefficient (Wildman–Crippen LogP) is 9.58. The average Bonchev–Trinajstić information content (AvgIpc) is 2.79. The van der Waals surface area contributed by atoms with E-state index in [1.54, 1.807) is 0 Å². The molecule has 1 heterocycles. The van der Waals surface area contributed by atoms with Crippen molar-refractivity contribution in [1.82, 2.24) is 0 Å². The third-order valence-electron chi connectivity index (χ3n) is 8.22. The second-order valence-corrected chi connectivity index (χ2v) is 11.0. The highest BCUT2D eigenvalue weighted by Gasteiger charge is 2.38. The molecule has 0 N–H and O–H groups in total. The Morgan fingerprint density at radius 1 is 0.750 bits per heavy atom. The highest BCUT2D eigenvalue weighted by molar-refractivity contribution is 4.89. The summed E-state index contributed by atoms with van der Waals surface area (Å²) < 4.78 is 12.6. The van der Waals surface area contributed by atoms with Crippen LogP contribution in [0, 0.1) is 29.6 Å². The monoisotopic (exact) mass is 450 g/mol. The molecule has 190 valence electrons. The number of ether oxygens (including phenoxy) is 2. The molecule has 0 bridgehead atoms. The molecule has 1 rings (SSSR count). The lowest BCUT2D eigenvalue weighted by molar-refractivity contribution is -0.252. The fraction of sp³-hybridized carbons (Fsp3) is 0.933. The Balaban J connectivity index is 2.10. The summed E-state index contributed by atoms with van der Waals surface area (Å²) in [6.45, 7) is 16.9. The Morgan fingerprint density at radius 2 is 1.31 bits per heavy atom. The molecule has 1 saturated heterocycles. The molecule has 0 spiro atoms. The molecule has 0 aromatic carbocycles. The molecule has 0 saturated carbocycles. The molecule has 7 atom stereocenters. The maximum Gasteiger partial charge on any atom is 0.160 e. The Morgan fingerprint density at radius 3 is 1.88 bits per heavy atom. The molecular formula is C30H58O2. The van der Waals surface area contributed by atoms with Crippen LogP contribution in [0.1, 0.15) is 132 Å². The molecule has 0 radical (unpaired) electrons. The van der Waals surface area contributed by atoms with Crippen molar-refractivity contribution < 1.29 is 9.47 Å². The number of allylic oxidation sites excluding steroid dienone is 2.